The normalized spacial score (nSPS) is 27.9. The molecule has 2 fully saturated rings. The number of carbonyl (C=O) groups excluding carboxylic acids is 2. The number of primary amides is 1. The molecule has 6 rings (SSSR count). The number of methoxy groups -OCH3 is 2. The van der Waals surface area contributed by atoms with Gasteiger partial charge in [0.05, 0.1) is 38.0 Å². The number of aromatic nitrogens is 6. The first-order chi connectivity index (χ1) is 20.8. The second-order valence-electron chi connectivity index (χ2n) is 10.1. The lowest BCUT2D eigenvalue weighted by molar-refractivity contribution is -0.141. The van der Waals surface area contributed by atoms with E-state index < -0.39 is 42.3 Å². The molecule has 0 spiro atoms. The van der Waals surface area contributed by atoms with Crippen LogP contribution in [0.3, 0.4) is 0 Å². The standard InChI is InChI=1S/C26H31N9O5/c1-33-19-13-28-21(9-18(19)34(25(33)38)16-6-5-15(8-16)30-24(37)40-3)31-20-7-4-14-12-29-35(22(14)32-20)26(23(27)36)10-17(11-26)39-2/h4,7,9,12-13,15-17H,5-6,8,10-11H2,1-3H3,(H2,27,36)(H,30,37)(H,28,31,32)/i1D3,15D. The minimum atomic E-state index is -2.79. The average Bonchev–Trinajstić information content (AvgIpc) is 3.60. The Labute approximate surface area is 234 Å². The number of hydrogen-bond donors (Lipinski definition) is 3. The Kier molecular flexibility index (Phi) is 5.14. The van der Waals surface area contributed by atoms with Crippen LogP contribution in [-0.4, -0.2) is 67.2 Å². The van der Waals surface area contributed by atoms with E-state index in [1.54, 1.807) is 31.5 Å². The number of nitrogens with one attached hydrogen (secondary N) is 2. The number of fused-ring (bicyclic) bond motifs is 2. The molecular formula is C26H31N9O5. The number of rotatable bonds is 7. The van der Waals surface area contributed by atoms with E-state index in [1.807, 2.05) is 0 Å². The van der Waals surface area contributed by atoms with Crippen LogP contribution in [-0.2, 0) is 26.8 Å². The molecule has 4 N–H and O–H groups in total. The van der Waals surface area contributed by atoms with E-state index in [2.05, 4.69) is 30.4 Å². The summed E-state index contributed by atoms with van der Waals surface area (Å²) in [5, 5.41) is 10.7. The number of ether oxygens (including phenoxy) is 2. The molecule has 210 valence electrons. The maximum atomic E-state index is 13.5. The molecule has 0 aliphatic heterocycles. The van der Waals surface area contributed by atoms with Gasteiger partial charge >= 0.3 is 11.8 Å². The number of carbonyl (C=O) groups is 2. The maximum absolute atomic E-state index is 13.5. The van der Waals surface area contributed by atoms with Crippen LogP contribution < -0.4 is 22.1 Å². The highest BCUT2D eigenvalue weighted by Gasteiger charge is 2.52. The van der Waals surface area contributed by atoms with Crippen molar-refractivity contribution in [2.45, 2.75) is 55.8 Å². The Morgan fingerprint density at radius 2 is 2.02 bits per heavy atom. The first kappa shape index (κ1) is 21.4. The molecule has 2 saturated carbocycles. The molecule has 14 nitrogen and oxygen atoms in total. The van der Waals surface area contributed by atoms with Crippen LogP contribution in [0.1, 0.15) is 43.6 Å². The van der Waals surface area contributed by atoms with Crippen LogP contribution in [0.4, 0.5) is 16.4 Å². The number of nitrogens with zero attached hydrogens (tertiary/aromatic N) is 6. The molecule has 0 aromatic carbocycles. The maximum Gasteiger partial charge on any atom is 0.407 e. The van der Waals surface area contributed by atoms with Gasteiger partial charge in [0.25, 0.3) is 0 Å². The van der Waals surface area contributed by atoms with Gasteiger partial charge in [0.15, 0.2) is 5.65 Å². The molecular weight excluding hydrogens is 518 g/mol. The van der Waals surface area contributed by atoms with Crippen molar-refractivity contribution in [3.63, 3.8) is 0 Å². The molecule has 4 heterocycles. The predicted octanol–water partition coefficient (Wildman–Crippen LogP) is 1.66. The zero-order valence-electron chi connectivity index (χ0n) is 25.9. The highest BCUT2D eigenvalue weighted by molar-refractivity contribution is 5.87. The molecule has 2 aliphatic carbocycles. The Balaban J connectivity index is 1.37. The summed E-state index contributed by atoms with van der Waals surface area (Å²) >= 11 is 0. The van der Waals surface area contributed by atoms with Crippen LogP contribution in [0.15, 0.2) is 35.4 Å². The minimum Gasteiger partial charge on any atom is -0.453 e. The van der Waals surface area contributed by atoms with Gasteiger partial charge in [-0.2, -0.15) is 5.10 Å². The van der Waals surface area contributed by atoms with Crippen molar-refractivity contribution in [1.29, 1.82) is 0 Å². The van der Waals surface area contributed by atoms with Gasteiger partial charge in [-0.25, -0.2) is 24.2 Å². The number of alkyl carbamates (subject to hydrolysis) is 1. The van der Waals surface area contributed by atoms with E-state index in [9.17, 15) is 14.4 Å². The number of amides is 2. The van der Waals surface area contributed by atoms with E-state index in [4.69, 9.17) is 16.0 Å². The van der Waals surface area contributed by atoms with Gasteiger partial charge in [-0.1, -0.05) is 0 Å². The topological polar surface area (TPSA) is 173 Å². The second-order valence-corrected chi connectivity index (χ2v) is 10.1. The van der Waals surface area contributed by atoms with Crippen molar-refractivity contribution in [1.82, 2.24) is 34.2 Å². The van der Waals surface area contributed by atoms with Gasteiger partial charge < -0.3 is 25.8 Å². The van der Waals surface area contributed by atoms with E-state index >= 15 is 0 Å². The number of imidazole rings is 1. The molecule has 0 saturated heterocycles. The fraction of sp³-hybridized carbons (Fsp3) is 0.462. The number of anilines is 2. The van der Waals surface area contributed by atoms with Gasteiger partial charge in [0, 0.05) is 54.6 Å². The van der Waals surface area contributed by atoms with E-state index in [0.717, 1.165) is 0 Å². The second kappa shape index (κ2) is 9.62. The van der Waals surface area contributed by atoms with Crippen molar-refractivity contribution in [2.75, 3.05) is 19.5 Å². The summed E-state index contributed by atoms with van der Waals surface area (Å²) in [5.41, 5.74) is 4.74. The van der Waals surface area contributed by atoms with Crippen molar-refractivity contribution in [2.24, 2.45) is 12.7 Å². The molecule has 0 bridgehead atoms. The Bertz CT molecular complexity index is 1840. The van der Waals surface area contributed by atoms with Crippen molar-refractivity contribution in [3.8, 4) is 0 Å². The lowest BCUT2D eigenvalue weighted by Crippen LogP contribution is -2.58. The summed E-state index contributed by atoms with van der Waals surface area (Å²) in [6.45, 7) is -2.79. The molecule has 2 atom stereocenters. The molecule has 2 unspecified atom stereocenters. The van der Waals surface area contributed by atoms with Crippen LogP contribution in [0.5, 0.6) is 0 Å². The first-order valence-electron chi connectivity index (χ1n) is 14.7. The summed E-state index contributed by atoms with van der Waals surface area (Å²) in [6.07, 6.45) is 3.34. The smallest absolute Gasteiger partial charge is 0.407 e. The van der Waals surface area contributed by atoms with Gasteiger partial charge in [0.2, 0.25) is 5.91 Å². The molecule has 14 heteroatoms. The Hall–Kier alpha value is -4.46. The lowest BCUT2D eigenvalue weighted by atomic mass is 9.73. The van der Waals surface area contributed by atoms with Crippen molar-refractivity contribution >= 4 is 45.7 Å². The Morgan fingerprint density at radius 3 is 2.75 bits per heavy atom. The average molecular weight is 554 g/mol. The third-order valence-corrected chi connectivity index (χ3v) is 7.85. The highest BCUT2D eigenvalue weighted by atomic mass is 16.5. The van der Waals surface area contributed by atoms with E-state index in [0.29, 0.717) is 40.7 Å². The summed E-state index contributed by atoms with van der Waals surface area (Å²) in [7, 11) is 2.77. The largest absolute Gasteiger partial charge is 0.453 e. The number of aryl methyl sites for hydroxylation is 1. The van der Waals surface area contributed by atoms with Crippen LogP contribution in [0.25, 0.3) is 22.1 Å². The highest BCUT2D eigenvalue weighted by Crippen LogP contribution is 2.42. The first-order valence-corrected chi connectivity index (χ1v) is 12.7. The monoisotopic (exact) mass is 553 g/mol. The number of nitrogens with two attached hydrogens (primary N) is 1. The summed E-state index contributed by atoms with van der Waals surface area (Å²) in [4.78, 5) is 46.9. The van der Waals surface area contributed by atoms with Crippen molar-refractivity contribution < 1.29 is 24.5 Å². The van der Waals surface area contributed by atoms with Crippen molar-refractivity contribution in [3.05, 3.63) is 41.1 Å². The lowest BCUT2D eigenvalue weighted by Gasteiger charge is -2.44. The summed E-state index contributed by atoms with van der Waals surface area (Å²) < 4.78 is 46.2. The fourth-order valence-electron chi connectivity index (χ4n) is 5.65. The van der Waals surface area contributed by atoms with Crippen LogP contribution >= 0.6 is 0 Å². The Morgan fingerprint density at radius 1 is 1.20 bits per heavy atom. The van der Waals surface area contributed by atoms with Gasteiger partial charge in [-0.3, -0.25) is 13.9 Å². The summed E-state index contributed by atoms with van der Waals surface area (Å²) in [6, 6.07) is 3.04. The third kappa shape index (κ3) is 4.06. The predicted molar refractivity (Wildman–Crippen MR) is 145 cm³/mol. The van der Waals surface area contributed by atoms with Gasteiger partial charge in [0.1, 0.15) is 17.2 Å². The molecule has 0 radical (unpaired) electrons. The minimum absolute atomic E-state index is 0.0565. The third-order valence-electron chi connectivity index (χ3n) is 7.85. The van der Waals surface area contributed by atoms with Crippen LogP contribution in [0.2, 0.25) is 0 Å². The zero-order chi connectivity index (χ0) is 31.6. The fourth-order valence-corrected chi connectivity index (χ4v) is 5.65. The summed E-state index contributed by atoms with van der Waals surface area (Å²) in [5.74, 6) is 0.0819. The van der Waals surface area contributed by atoms with E-state index in [-0.39, 0.29) is 35.8 Å². The van der Waals surface area contributed by atoms with Gasteiger partial charge in [-0.05, 0) is 31.4 Å². The van der Waals surface area contributed by atoms with Gasteiger partial charge in [-0.15, -0.1) is 0 Å². The molecule has 4 aromatic heterocycles. The molecule has 2 aliphatic rings. The zero-order valence-corrected chi connectivity index (χ0v) is 21.9. The molecule has 40 heavy (non-hydrogen) atoms. The van der Waals surface area contributed by atoms with E-state index in [1.165, 1.54) is 22.6 Å². The SMILES string of the molecule is [2H]C1(NC(=O)OC)CCC(n2c(=O)n(C([2H])([2H])[2H])c3cnc(Nc4ccc5cnn(C6(C(N)=O)CC(OC)C6)c5n4)cc32)C1. The molecule has 2 amide bonds. The quantitative estimate of drug-likeness (QED) is 0.308. The number of hydrogen-bond acceptors (Lipinski definition) is 9. The number of pyridine rings is 2. The molecule has 4 aromatic rings. The van der Waals surface area contributed by atoms with Crippen LogP contribution in [0, 0.1) is 0 Å².